The third-order valence-electron chi connectivity index (χ3n) is 3.83. The first-order valence-corrected chi connectivity index (χ1v) is 7.97. The van der Waals surface area contributed by atoms with Gasteiger partial charge in [0.05, 0.1) is 6.54 Å². The number of carbonyl (C=O) groups is 2. The standard InChI is InChI=1S/C15H20N4O4S/c16-13(24)17-11-4-5-12(18-6-2-1-3-7-18)10(8-11)9-19(14(20)21)15(22)23/h4-5,8H,1-3,6-7,9H2,(H,20,21)(H,22,23)(H3,16,17,24). The summed E-state index contributed by atoms with van der Waals surface area (Å²) in [5.41, 5.74) is 7.47. The van der Waals surface area contributed by atoms with Gasteiger partial charge in [-0.2, -0.15) is 0 Å². The molecule has 2 rings (SSSR count). The van der Waals surface area contributed by atoms with Crippen molar-refractivity contribution >= 4 is 40.9 Å². The van der Waals surface area contributed by atoms with Crippen LogP contribution in [0.25, 0.3) is 0 Å². The summed E-state index contributed by atoms with van der Waals surface area (Å²) >= 11 is 4.81. The molecule has 1 fully saturated rings. The van der Waals surface area contributed by atoms with Crippen LogP contribution >= 0.6 is 12.2 Å². The molecule has 2 amide bonds. The number of rotatable bonds is 4. The van der Waals surface area contributed by atoms with E-state index in [-0.39, 0.29) is 11.7 Å². The molecule has 9 heteroatoms. The molecule has 0 atom stereocenters. The van der Waals surface area contributed by atoms with E-state index in [0.717, 1.165) is 38.0 Å². The summed E-state index contributed by atoms with van der Waals surface area (Å²) < 4.78 is 0. The number of imide groups is 1. The van der Waals surface area contributed by atoms with E-state index < -0.39 is 12.2 Å². The number of nitrogens with one attached hydrogen (secondary N) is 1. The van der Waals surface area contributed by atoms with Crippen molar-refractivity contribution in [1.82, 2.24) is 4.90 Å². The van der Waals surface area contributed by atoms with Crippen molar-refractivity contribution in [1.29, 1.82) is 0 Å². The number of hydrogen-bond acceptors (Lipinski definition) is 4. The Morgan fingerprint density at radius 3 is 2.38 bits per heavy atom. The highest BCUT2D eigenvalue weighted by atomic mass is 32.1. The van der Waals surface area contributed by atoms with E-state index in [4.69, 9.17) is 28.2 Å². The third kappa shape index (κ3) is 4.48. The van der Waals surface area contributed by atoms with Crippen LogP contribution in [0, 0.1) is 0 Å². The zero-order chi connectivity index (χ0) is 17.7. The van der Waals surface area contributed by atoms with Crippen molar-refractivity contribution in [2.24, 2.45) is 5.73 Å². The van der Waals surface area contributed by atoms with Crippen molar-refractivity contribution in [3.8, 4) is 0 Å². The largest absolute Gasteiger partial charge is 0.465 e. The van der Waals surface area contributed by atoms with Crippen LogP contribution in [0.1, 0.15) is 24.8 Å². The van der Waals surface area contributed by atoms with Crippen LogP contribution in [0.3, 0.4) is 0 Å². The summed E-state index contributed by atoms with van der Waals surface area (Å²) in [6, 6.07) is 5.31. The number of piperidine rings is 1. The number of nitrogens with zero attached hydrogens (tertiary/aromatic N) is 2. The molecule has 130 valence electrons. The Morgan fingerprint density at radius 1 is 1.21 bits per heavy atom. The van der Waals surface area contributed by atoms with Gasteiger partial charge in [0.2, 0.25) is 0 Å². The molecule has 8 nitrogen and oxygen atoms in total. The van der Waals surface area contributed by atoms with Crippen LogP contribution in [-0.2, 0) is 6.54 Å². The Kier molecular flexibility index (Phi) is 5.80. The Labute approximate surface area is 144 Å². The van der Waals surface area contributed by atoms with Crippen LogP contribution in [0.2, 0.25) is 0 Å². The zero-order valence-electron chi connectivity index (χ0n) is 13.1. The molecule has 1 aromatic rings. The predicted octanol–water partition coefficient (Wildman–Crippen LogP) is 2.49. The van der Waals surface area contributed by atoms with Crippen LogP contribution < -0.4 is 16.0 Å². The summed E-state index contributed by atoms with van der Waals surface area (Å²) in [6.07, 6.45) is 0.227. The minimum Gasteiger partial charge on any atom is -0.465 e. The van der Waals surface area contributed by atoms with Crippen molar-refractivity contribution in [2.45, 2.75) is 25.8 Å². The van der Waals surface area contributed by atoms with Crippen LogP contribution in [0.15, 0.2) is 18.2 Å². The van der Waals surface area contributed by atoms with E-state index in [2.05, 4.69) is 10.2 Å². The van der Waals surface area contributed by atoms with Crippen molar-refractivity contribution in [2.75, 3.05) is 23.3 Å². The number of carboxylic acid groups (broad SMARTS) is 2. The van der Waals surface area contributed by atoms with Gasteiger partial charge in [-0.25, -0.2) is 14.5 Å². The molecule has 24 heavy (non-hydrogen) atoms. The maximum Gasteiger partial charge on any atom is 0.417 e. The molecule has 0 bridgehead atoms. The molecule has 1 aliphatic rings. The van der Waals surface area contributed by atoms with Crippen LogP contribution in [0.5, 0.6) is 0 Å². The van der Waals surface area contributed by atoms with Gasteiger partial charge in [-0.15, -0.1) is 0 Å². The van der Waals surface area contributed by atoms with E-state index >= 15 is 0 Å². The quantitative estimate of drug-likeness (QED) is 0.610. The Balaban J connectivity index is 2.36. The van der Waals surface area contributed by atoms with Crippen LogP contribution in [-0.4, -0.2) is 45.5 Å². The molecule has 1 aromatic carbocycles. The topological polar surface area (TPSA) is 119 Å². The zero-order valence-corrected chi connectivity index (χ0v) is 13.9. The molecule has 0 unspecified atom stereocenters. The lowest BCUT2D eigenvalue weighted by Gasteiger charge is -2.31. The number of anilines is 2. The van der Waals surface area contributed by atoms with E-state index in [1.54, 1.807) is 12.1 Å². The van der Waals surface area contributed by atoms with E-state index in [9.17, 15) is 9.59 Å². The minimum atomic E-state index is -1.51. The van der Waals surface area contributed by atoms with Gasteiger partial charge in [0.15, 0.2) is 5.11 Å². The fraction of sp³-hybridized carbons (Fsp3) is 0.400. The summed E-state index contributed by atoms with van der Waals surface area (Å²) in [6.45, 7) is 1.45. The van der Waals surface area contributed by atoms with Crippen molar-refractivity contribution in [3.63, 3.8) is 0 Å². The molecule has 0 aromatic heterocycles. The number of thiocarbonyl (C=S) groups is 1. The molecule has 5 N–H and O–H groups in total. The van der Waals surface area contributed by atoms with E-state index in [1.807, 2.05) is 6.07 Å². The number of hydrogen-bond donors (Lipinski definition) is 4. The van der Waals surface area contributed by atoms with Crippen molar-refractivity contribution < 1.29 is 19.8 Å². The molecule has 0 radical (unpaired) electrons. The Bertz CT molecular complexity index is 632. The predicted molar refractivity (Wildman–Crippen MR) is 94.5 cm³/mol. The van der Waals surface area contributed by atoms with Gasteiger partial charge < -0.3 is 26.2 Å². The van der Waals surface area contributed by atoms with Gasteiger partial charge in [-0.1, -0.05) is 0 Å². The highest BCUT2D eigenvalue weighted by Crippen LogP contribution is 2.28. The van der Waals surface area contributed by atoms with Crippen molar-refractivity contribution in [3.05, 3.63) is 23.8 Å². The normalized spacial score (nSPS) is 14.1. The van der Waals surface area contributed by atoms with E-state index in [0.29, 0.717) is 16.2 Å². The molecule has 0 aliphatic carbocycles. The second-order valence-electron chi connectivity index (χ2n) is 5.53. The molecule has 1 aliphatic heterocycles. The third-order valence-corrected chi connectivity index (χ3v) is 3.94. The smallest absolute Gasteiger partial charge is 0.417 e. The maximum atomic E-state index is 11.2. The first-order valence-electron chi connectivity index (χ1n) is 7.56. The van der Waals surface area contributed by atoms with Gasteiger partial charge in [0, 0.05) is 24.5 Å². The molecule has 0 spiro atoms. The van der Waals surface area contributed by atoms with Crippen LogP contribution in [0.4, 0.5) is 21.0 Å². The van der Waals surface area contributed by atoms with Gasteiger partial charge in [0.25, 0.3) is 0 Å². The summed E-state index contributed by atoms with van der Waals surface area (Å²) in [5, 5.41) is 21.1. The molecule has 1 heterocycles. The maximum absolute atomic E-state index is 11.2. The summed E-state index contributed by atoms with van der Waals surface area (Å²) in [5.74, 6) is 0. The fourth-order valence-electron chi connectivity index (χ4n) is 2.76. The Morgan fingerprint density at radius 2 is 1.83 bits per heavy atom. The van der Waals surface area contributed by atoms with Gasteiger partial charge in [-0.3, -0.25) is 0 Å². The second kappa shape index (κ2) is 7.82. The lowest BCUT2D eigenvalue weighted by atomic mass is 10.1. The lowest BCUT2D eigenvalue weighted by molar-refractivity contribution is 0.120. The van der Waals surface area contributed by atoms with E-state index in [1.165, 1.54) is 0 Å². The fourth-order valence-corrected chi connectivity index (χ4v) is 2.88. The average molecular weight is 352 g/mol. The SMILES string of the molecule is NC(=S)Nc1ccc(N2CCCCC2)c(CN(C(=O)O)C(=O)O)c1. The highest BCUT2D eigenvalue weighted by Gasteiger charge is 2.23. The molecular weight excluding hydrogens is 332 g/mol. The number of nitrogens with two attached hydrogens (primary N) is 1. The first-order chi connectivity index (χ1) is 11.4. The molecular formula is C15H20N4O4S. The lowest BCUT2D eigenvalue weighted by Crippen LogP contribution is -2.35. The monoisotopic (exact) mass is 352 g/mol. The Hall–Kier alpha value is -2.55. The minimum absolute atomic E-state index is 0.0833. The number of benzene rings is 1. The van der Waals surface area contributed by atoms with Gasteiger partial charge >= 0.3 is 12.2 Å². The average Bonchev–Trinajstić information content (AvgIpc) is 2.52. The number of amides is 2. The second-order valence-corrected chi connectivity index (χ2v) is 5.97. The first kappa shape index (κ1) is 17.8. The highest BCUT2D eigenvalue weighted by molar-refractivity contribution is 7.80. The van der Waals surface area contributed by atoms with Gasteiger partial charge in [-0.05, 0) is 55.2 Å². The summed E-state index contributed by atoms with van der Waals surface area (Å²) in [4.78, 5) is 24.8. The molecule has 1 saturated heterocycles. The van der Waals surface area contributed by atoms with Gasteiger partial charge in [0.1, 0.15) is 0 Å². The molecule has 0 saturated carbocycles. The summed E-state index contributed by atoms with van der Waals surface area (Å²) in [7, 11) is 0.